The van der Waals surface area contributed by atoms with Gasteiger partial charge in [-0.3, -0.25) is 9.88 Å². The van der Waals surface area contributed by atoms with Crippen LogP contribution in [0, 0.1) is 18.8 Å². The van der Waals surface area contributed by atoms with Crippen molar-refractivity contribution in [3.8, 4) is 0 Å². The van der Waals surface area contributed by atoms with E-state index < -0.39 is 0 Å². The molecular weight excluding hydrogens is 212 g/mol. The monoisotopic (exact) mass is 232 g/mol. The number of hydrogen-bond acceptors (Lipinski definition) is 3. The SMILES string of the molecule is Cc1cccc(CN2CC3CCC(O)C3C2)n1. The summed E-state index contributed by atoms with van der Waals surface area (Å²) >= 11 is 0. The maximum Gasteiger partial charge on any atom is 0.0583 e. The van der Waals surface area contributed by atoms with Crippen molar-refractivity contribution in [3.05, 3.63) is 29.6 Å². The lowest BCUT2D eigenvalue weighted by atomic mass is 10.00. The Morgan fingerprint density at radius 2 is 2.24 bits per heavy atom. The van der Waals surface area contributed by atoms with Crippen LogP contribution in [0.15, 0.2) is 18.2 Å². The Kier molecular flexibility index (Phi) is 2.89. The summed E-state index contributed by atoms with van der Waals surface area (Å²) < 4.78 is 0. The maximum atomic E-state index is 9.89. The molecule has 1 aliphatic carbocycles. The molecular formula is C14H20N2O. The van der Waals surface area contributed by atoms with Gasteiger partial charge in [-0.05, 0) is 37.8 Å². The second kappa shape index (κ2) is 4.39. The highest BCUT2D eigenvalue weighted by Gasteiger charge is 2.41. The van der Waals surface area contributed by atoms with Crippen molar-refractivity contribution in [2.45, 2.75) is 32.4 Å². The standard InChI is InChI=1S/C14H20N2O/c1-10-3-2-4-12(15-10)8-16-7-11-5-6-14(17)13(11)9-16/h2-4,11,13-14,17H,5-9H2,1H3. The summed E-state index contributed by atoms with van der Waals surface area (Å²) in [7, 11) is 0. The summed E-state index contributed by atoms with van der Waals surface area (Å²) in [5, 5.41) is 9.89. The first-order valence-corrected chi connectivity index (χ1v) is 6.55. The van der Waals surface area contributed by atoms with E-state index in [0.717, 1.165) is 43.4 Å². The van der Waals surface area contributed by atoms with Crippen molar-refractivity contribution in [2.75, 3.05) is 13.1 Å². The second-order valence-electron chi connectivity index (χ2n) is 5.53. The van der Waals surface area contributed by atoms with Gasteiger partial charge in [0.2, 0.25) is 0 Å². The Balaban J connectivity index is 1.64. The van der Waals surface area contributed by atoms with Crippen LogP contribution < -0.4 is 0 Å². The maximum absolute atomic E-state index is 9.89. The van der Waals surface area contributed by atoms with Crippen LogP contribution in [0.3, 0.4) is 0 Å². The molecule has 0 bridgehead atoms. The average Bonchev–Trinajstić information content (AvgIpc) is 2.82. The van der Waals surface area contributed by atoms with Crippen LogP contribution in [0.25, 0.3) is 0 Å². The van der Waals surface area contributed by atoms with E-state index in [-0.39, 0.29) is 6.10 Å². The Morgan fingerprint density at radius 1 is 1.35 bits per heavy atom. The van der Waals surface area contributed by atoms with Gasteiger partial charge in [-0.15, -0.1) is 0 Å². The average molecular weight is 232 g/mol. The first-order chi connectivity index (χ1) is 8.22. The van der Waals surface area contributed by atoms with E-state index in [1.807, 2.05) is 13.0 Å². The molecule has 3 rings (SSSR count). The molecule has 1 aliphatic heterocycles. The fourth-order valence-corrected chi connectivity index (χ4v) is 3.37. The normalized spacial score (nSPS) is 32.9. The van der Waals surface area contributed by atoms with Crippen LogP contribution in [0.2, 0.25) is 0 Å². The molecule has 1 aromatic heterocycles. The van der Waals surface area contributed by atoms with Gasteiger partial charge >= 0.3 is 0 Å². The zero-order valence-corrected chi connectivity index (χ0v) is 10.3. The Morgan fingerprint density at radius 3 is 3.00 bits per heavy atom. The van der Waals surface area contributed by atoms with Crippen molar-refractivity contribution in [1.82, 2.24) is 9.88 Å². The lowest BCUT2D eigenvalue weighted by Gasteiger charge is -2.17. The molecule has 3 heteroatoms. The molecule has 1 aromatic rings. The number of nitrogens with zero attached hydrogens (tertiary/aromatic N) is 2. The summed E-state index contributed by atoms with van der Waals surface area (Å²) in [5.41, 5.74) is 2.24. The summed E-state index contributed by atoms with van der Waals surface area (Å²) in [6.45, 7) is 5.15. The van der Waals surface area contributed by atoms with Gasteiger partial charge < -0.3 is 5.11 Å². The molecule has 1 N–H and O–H groups in total. The molecule has 92 valence electrons. The van der Waals surface area contributed by atoms with Gasteiger partial charge in [-0.1, -0.05) is 6.07 Å². The minimum atomic E-state index is -0.0598. The van der Waals surface area contributed by atoms with Crippen LogP contribution in [0.5, 0.6) is 0 Å². The molecule has 3 atom stereocenters. The zero-order chi connectivity index (χ0) is 11.8. The van der Waals surface area contributed by atoms with Crippen LogP contribution in [-0.4, -0.2) is 34.2 Å². The van der Waals surface area contributed by atoms with Gasteiger partial charge in [0.15, 0.2) is 0 Å². The highest BCUT2D eigenvalue weighted by molar-refractivity contribution is 5.10. The van der Waals surface area contributed by atoms with Gasteiger partial charge in [0, 0.05) is 31.2 Å². The number of aryl methyl sites for hydroxylation is 1. The van der Waals surface area contributed by atoms with E-state index in [4.69, 9.17) is 0 Å². The number of likely N-dealkylation sites (tertiary alicyclic amines) is 1. The Hall–Kier alpha value is -0.930. The molecule has 3 nitrogen and oxygen atoms in total. The van der Waals surface area contributed by atoms with Gasteiger partial charge in [0.05, 0.1) is 11.8 Å². The molecule has 0 aromatic carbocycles. The Labute approximate surface area is 102 Å². The summed E-state index contributed by atoms with van der Waals surface area (Å²) in [6.07, 6.45) is 2.14. The summed E-state index contributed by atoms with van der Waals surface area (Å²) in [5.74, 6) is 1.23. The lowest BCUT2D eigenvalue weighted by molar-refractivity contribution is 0.123. The number of fused-ring (bicyclic) bond motifs is 1. The van der Waals surface area contributed by atoms with Gasteiger partial charge in [0.25, 0.3) is 0 Å². The van der Waals surface area contributed by atoms with E-state index in [0.29, 0.717) is 5.92 Å². The van der Waals surface area contributed by atoms with Crippen molar-refractivity contribution < 1.29 is 5.11 Å². The molecule has 0 spiro atoms. The van der Waals surface area contributed by atoms with Crippen molar-refractivity contribution >= 4 is 0 Å². The highest BCUT2D eigenvalue weighted by Crippen LogP contribution is 2.38. The minimum absolute atomic E-state index is 0.0598. The predicted molar refractivity (Wildman–Crippen MR) is 66.5 cm³/mol. The predicted octanol–water partition coefficient (Wildman–Crippen LogP) is 1.59. The minimum Gasteiger partial charge on any atom is -0.393 e. The first-order valence-electron chi connectivity index (χ1n) is 6.55. The van der Waals surface area contributed by atoms with E-state index in [2.05, 4.69) is 22.0 Å². The third-order valence-electron chi connectivity index (χ3n) is 4.23. The number of pyridine rings is 1. The van der Waals surface area contributed by atoms with Gasteiger partial charge in [0.1, 0.15) is 0 Å². The number of aliphatic hydroxyl groups is 1. The molecule has 1 saturated carbocycles. The van der Waals surface area contributed by atoms with E-state index in [9.17, 15) is 5.11 Å². The fraction of sp³-hybridized carbons (Fsp3) is 0.643. The molecule has 2 aliphatic rings. The Bertz CT molecular complexity index is 407. The first kappa shape index (κ1) is 11.2. The molecule has 2 fully saturated rings. The van der Waals surface area contributed by atoms with Crippen molar-refractivity contribution in [2.24, 2.45) is 11.8 Å². The third kappa shape index (κ3) is 2.22. The van der Waals surface area contributed by atoms with E-state index in [1.165, 1.54) is 6.42 Å². The number of hydrogen-bond donors (Lipinski definition) is 1. The van der Waals surface area contributed by atoms with Crippen LogP contribution in [0.4, 0.5) is 0 Å². The number of aliphatic hydroxyl groups excluding tert-OH is 1. The zero-order valence-electron chi connectivity index (χ0n) is 10.3. The number of aromatic nitrogens is 1. The molecule has 1 saturated heterocycles. The van der Waals surface area contributed by atoms with Crippen molar-refractivity contribution in [1.29, 1.82) is 0 Å². The molecule has 0 amide bonds. The summed E-state index contributed by atoms with van der Waals surface area (Å²) in [6, 6.07) is 6.20. The number of rotatable bonds is 2. The molecule has 0 radical (unpaired) electrons. The fourth-order valence-electron chi connectivity index (χ4n) is 3.37. The van der Waals surface area contributed by atoms with E-state index in [1.54, 1.807) is 0 Å². The highest BCUT2D eigenvalue weighted by atomic mass is 16.3. The second-order valence-corrected chi connectivity index (χ2v) is 5.53. The van der Waals surface area contributed by atoms with E-state index >= 15 is 0 Å². The van der Waals surface area contributed by atoms with Crippen LogP contribution in [0.1, 0.15) is 24.2 Å². The molecule has 2 heterocycles. The smallest absolute Gasteiger partial charge is 0.0583 e. The lowest BCUT2D eigenvalue weighted by Crippen LogP contribution is -2.24. The topological polar surface area (TPSA) is 36.4 Å². The van der Waals surface area contributed by atoms with Crippen LogP contribution >= 0.6 is 0 Å². The summed E-state index contributed by atoms with van der Waals surface area (Å²) in [4.78, 5) is 6.99. The van der Waals surface area contributed by atoms with Crippen LogP contribution in [-0.2, 0) is 6.54 Å². The third-order valence-corrected chi connectivity index (χ3v) is 4.23. The van der Waals surface area contributed by atoms with Crippen molar-refractivity contribution in [3.63, 3.8) is 0 Å². The van der Waals surface area contributed by atoms with Gasteiger partial charge in [-0.2, -0.15) is 0 Å². The molecule has 17 heavy (non-hydrogen) atoms. The quantitative estimate of drug-likeness (QED) is 0.841. The molecule has 3 unspecified atom stereocenters. The largest absolute Gasteiger partial charge is 0.393 e. The van der Waals surface area contributed by atoms with Gasteiger partial charge in [-0.25, -0.2) is 0 Å².